The zero-order chi connectivity index (χ0) is 13.6. The molecule has 0 unspecified atom stereocenters. The molecule has 0 spiro atoms. The van der Waals surface area contributed by atoms with Crippen LogP contribution in [0.5, 0.6) is 0 Å². The first-order valence-corrected chi connectivity index (χ1v) is 6.74. The quantitative estimate of drug-likeness (QED) is 0.812. The Labute approximate surface area is 111 Å². The molecule has 0 amide bonds. The van der Waals surface area contributed by atoms with Gasteiger partial charge in [0.05, 0.1) is 0 Å². The van der Waals surface area contributed by atoms with Gasteiger partial charge in [-0.05, 0) is 25.2 Å². The van der Waals surface area contributed by atoms with Crippen LogP contribution in [-0.2, 0) is 0 Å². The number of nitrogens with one attached hydrogen (secondary N) is 2. The van der Waals surface area contributed by atoms with E-state index in [9.17, 15) is 0 Å². The molecule has 1 aromatic rings. The van der Waals surface area contributed by atoms with Crippen LogP contribution >= 0.6 is 0 Å². The molecule has 18 heavy (non-hydrogen) atoms. The molecule has 0 aromatic carbocycles. The zero-order valence-electron chi connectivity index (χ0n) is 12.3. The lowest BCUT2D eigenvalue weighted by atomic mass is 9.92. The minimum atomic E-state index is 0.346. The van der Waals surface area contributed by atoms with E-state index in [4.69, 9.17) is 0 Å². The summed E-state index contributed by atoms with van der Waals surface area (Å²) in [5, 5.41) is 6.59. The number of hydrogen-bond acceptors (Lipinski definition) is 4. The van der Waals surface area contributed by atoms with Crippen molar-refractivity contribution in [2.45, 2.75) is 47.5 Å². The third kappa shape index (κ3) is 5.84. The highest BCUT2D eigenvalue weighted by atomic mass is 15.1. The topological polar surface area (TPSA) is 49.8 Å². The summed E-state index contributed by atoms with van der Waals surface area (Å²) in [5.41, 5.74) is 1.33. The summed E-state index contributed by atoms with van der Waals surface area (Å²) in [5.74, 6) is 1.63. The summed E-state index contributed by atoms with van der Waals surface area (Å²) in [6, 6.07) is 1.99. The Morgan fingerprint density at radius 1 is 1.11 bits per heavy atom. The van der Waals surface area contributed by atoms with Crippen molar-refractivity contribution in [2.75, 3.05) is 23.7 Å². The lowest BCUT2D eigenvalue weighted by Gasteiger charge is -2.18. The molecule has 0 aliphatic rings. The van der Waals surface area contributed by atoms with Crippen LogP contribution in [-0.4, -0.2) is 23.1 Å². The normalized spacial score (nSPS) is 11.4. The third-order valence-electron chi connectivity index (χ3n) is 2.57. The first-order chi connectivity index (χ1) is 8.40. The Hall–Kier alpha value is -1.32. The smallest absolute Gasteiger partial charge is 0.224 e. The van der Waals surface area contributed by atoms with Gasteiger partial charge >= 0.3 is 0 Å². The van der Waals surface area contributed by atoms with Gasteiger partial charge in [-0.15, -0.1) is 0 Å². The van der Waals surface area contributed by atoms with Crippen molar-refractivity contribution in [3.05, 3.63) is 11.8 Å². The van der Waals surface area contributed by atoms with Gasteiger partial charge < -0.3 is 10.6 Å². The van der Waals surface area contributed by atoms with Crippen molar-refractivity contribution < 1.29 is 0 Å². The molecule has 0 fully saturated rings. The van der Waals surface area contributed by atoms with E-state index in [2.05, 4.69) is 48.3 Å². The molecule has 1 rings (SSSR count). The molecular weight excluding hydrogens is 224 g/mol. The van der Waals surface area contributed by atoms with Crippen LogP contribution in [0.2, 0.25) is 0 Å². The van der Waals surface area contributed by atoms with Crippen molar-refractivity contribution in [3.8, 4) is 0 Å². The molecule has 0 aliphatic carbocycles. The molecule has 1 heterocycles. The minimum absolute atomic E-state index is 0.346. The SMILES string of the molecule is CCCNc1nc(C)cc(NCCC(C)(C)C)n1. The molecule has 4 nitrogen and oxygen atoms in total. The van der Waals surface area contributed by atoms with E-state index in [1.54, 1.807) is 0 Å². The Bertz CT molecular complexity index is 369. The fourth-order valence-corrected chi connectivity index (χ4v) is 1.54. The summed E-state index contributed by atoms with van der Waals surface area (Å²) < 4.78 is 0. The van der Waals surface area contributed by atoms with Crippen molar-refractivity contribution in [1.29, 1.82) is 0 Å². The lowest BCUT2D eigenvalue weighted by molar-refractivity contribution is 0.389. The number of rotatable bonds is 6. The molecular formula is C14H26N4. The summed E-state index contributed by atoms with van der Waals surface area (Å²) in [7, 11) is 0. The van der Waals surface area contributed by atoms with E-state index >= 15 is 0 Å². The molecule has 0 radical (unpaired) electrons. The highest BCUT2D eigenvalue weighted by Crippen LogP contribution is 2.18. The molecule has 0 saturated heterocycles. The molecule has 0 aliphatic heterocycles. The average Bonchev–Trinajstić information content (AvgIpc) is 2.24. The van der Waals surface area contributed by atoms with Crippen LogP contribution in [0.3, 0.4) is 0 Å². The van der Waals surface area contributed by atoms with Gasteiger partial charge in [0.2, 0.25) is 5.95 Å². The molecule has 0 bridgehead atoms. The van der Waals surface area contributed by atoms with Gasteiger partial charge in [-0.25, -0.2) is 4.98 Å². The number of nitrogens with zero attached hydrogens (tertiary/aromatic N) is 2. The monoisotopic (exact) mass is 250 g/mol. The summed E-state index contributed by atoms with van der Waals surface area (Å²) in [4.78, 5) is 8.82. The predicted octanol–water partition coefficient (Wildman–Crippen LogP) is 3.46. The van der Waals surface area contributed by atoms with E-state index < -0.39 is 0 Å². The second-order valence-corrected chi connectivity index (χ2v) is 5.88. The van der Waals surface area contributed by atoms with E-state index in [1.807, 2.05) is 13.0 Å². The standard InChI is InChI=1S/C14H26N4/c1-6-8-16-13-17-11(2)10-12(18-13)15-9-7-14(3,4)5/h10H,6-9H2,1-5H3,(H2,15,16,17,18). The van der Waals surface area contributed by atoms with Gasteiger partial charge in [0, 0.05) is 24.8 Å². The van der Waals surface area contributed by atoms with Crippen LogP contribution in [0.4, 0.5) is 11.8 Å². The maximum absolute atomic E-state index is 4.46. The number of anilines is 2. The van der Waals surface area contributed by atoms with E-state index in [-0.39, 0.29) is 0 Å². The molecule has 2 N–H and O–H groups in total. The molecule has 1 aromatic heterocycles. The molecule has 0 saturated carbocycles. The van der Waals surface area contributed by atoms with Gasteiger partial charge in [-0.2, -0.15) is 4.98 Å². The van der Waals surface area contributed by atoms with Crippen molar-refractivity contribution in [2.24, 2.45) is 5.41 Å². The average molecular weight is 250 g/mol. The largest absolute Gasteiger partial charge is 0.370 e. The van der Waals surface area contributed by atoms with Crippen molar-refractivity contribution >= 4 is 11.8 Å². The van der Waals surface area contributed by atoms with Gasteiger partial charge in [0.25, 0.3) is 0 Å². The maximum atomic E-state index is 4.46. The van der Waals surface area contributed by atoms with Crippen molar-refractivity contribution in [3.63, 3.8) is 0 Å². The fourth-order valence-electron chi connectivity index (χ4n) is 1.54. The minimum Gasteiger partial charge on any atom is -0.370 e. The molecule has 4 heteroatoms. The Morgan fingerprint density at radius 3 is 2.44 bits per heavy atom. The van der Waals surface area contributed by atoms with Crippen LogP contribution in [0.1, 0.15) is 46.2 Å². The number of aromatic nitrogens is 2. The van der Waals surface area contributed by atoms with Gasteiger partial charge in [0.1, 0.15) is 5.82 Å². The van der Waals surface area contributed by atoms with Gasteiger partial charge in [-0.3, -0.25) is 0 Å². The highest BCUT2D eigenvalue weighted by molar-refractivity contribution is 5.42. The summed E-state index contributed by atoms with van der Waals surface area (Å²) in [6.07, 6.45) is 2.19. The second kappa shape index (κ2) is 6.57. The lowest BCUT2D eigenvalue weighted by Crippen LogP contribution is -2.14. The van der Waals surface area contributed by atoms with Crippen LogP contribution in [0.15, 0.2) is 6.07 Å². The first-order valence-electron chi connectivity index (χ1n) is 6.74. The van der Waals surface area contributed by atoms with Crippen LogP contribution in [0, 0.1) is 12.3 Å². The second-order valence-electron chi connectivity index (χ2n) is 5.88. The summed E-state index contributed by atoms with van der Waals surface area (Å²) >= 11 is 0. The van der Waals surface area contributed by atoms with Gasteiger partial charge in [0.15, 0.2) is 0 Å². The van der Waals surface area contributed by atoms with E-state index in [0.717, 1.165) is 43.4 Å². The number of hydrogen-bond donors (Lipinski definition) is 2. The van der Waals surface area contributed by atoms with Crippen LogP contribution in [0.25, 0.3) is 0 Å². The molecule has 0 atom stereocenters. The maximum Gasteiger partial charge on any atom is 0.224 e. The van der Waals surface area contributed by atoms with Gasteiger partial charge in [-0.1, -0.05) is 27.7 Å². The first kappa shape index (κ1) is 14.7. The Kier molecular flexibility index (Phi) is 5.38. The third-order valence-corrected chi connectivity index (χ3v) is 2.57. The number of aryl methyl sites for hydroxylation is 1. The Morgan fingerprint density at radius 2 is 1.83 bits per heavy atom. The summed E-state index contributed by atoms with van der Waals surface area (Å²) in [6.45, 7) is 12.7. The zero-order valence-corrected chi connectivity index (χ0v) is 12.3. The van der Waals surface area contributed by atoms with Crippen LogP contribution < -0.4 is 10.6 Å². The van der Waals surface area contributed by atoms with E-state index in [0.29, 0.717) is 5.41 Å². The van der Waals surface area contributed by atoms with Crippen molar-refractivity contribution in [1.82, 2.24) is 9.97 Å². The Balaban J connectivity index is 2.57. The van der Waals surface area contributed by atoms with E-state index in [1.165, 1.54) is 0 Å². The fraction of sp³-hybridized carbons (Fsp3) is 0.714. The molecule has 102 valence electrons. The predicted molar refractivity (Wildman–Crippen MR) is 78.1 cm³/mol. The highest BCUT2D eigenvalue weighted by Gasteiger charge is 2.09.